The zero-order chi connectivity index (χ0) is 15.2. The molecule has 0 bridgehead atoms. The number of carbonyl (C=O) groups excluding carboxylic acids is 1. The minimum absolute atomic E-state index is 0.0924. The van der Waals surface area contributed by atoms with Crippen molar-refractivity contribution in [2.24, 2.45) is 0 Å². The lowest BCUT2D eigenvalue weighted by atomic mass is 10.1. The van der Waals surface area contributed by atoms with Crippen molar-refractivity contribution in [2.45, 2.75) is 44.6 Å². The normalized spacial score (nSPS) is 16.0. The third-order valence-corrected chi connectivity index (χ3v) is 4.47. The number of nitrogens with one attached hydrogen (secondary N) is 2. The van der Waals surface area contributed by atoms with Gasteiger partial charge in [-0.15, -0.1) is 11.3 Å². The van der Waals surface area contributed by atoms with Crippen molar-refractivity contribution in [3.05, 3.63) is 29.5 Å². The molecule has 2 aromatic heterocycles. The molecule has 0 unspecified atom stereocenters. The van der Waals surface area contributed by atoms with Crippen LogP contribution in [0.5, 0.6) is 0 Å². The van der Waals surface area contributed by atoms with Crippen LogP contribution >= 0.6 is 11.3 Å². The van der Waals surface area contributed by atoms with Gasteiger partial charge in [-0.2, -0.15) is 0 Å². The molecule has 0 radical (unpaired) electrons. The molecular formula is C15H19N5OS. The van der Waals surface area contributed by atoms with E-state index >= 15 is 0 Å². The van der Waals surface area contributed by atoms with Crippen molar-refractivity contribution in [2.75, 3.05) is 5.32 Å². The summed E-state index contributed by atoms with van der Waals surface area (Å²) in [4.78, 5) is 24.7. The second-order valence-corrected chi connectivity index (χ2v) is 6.26. The Balaban J connectivity index is 1.59. The Morgan fingerprint density at radius 3 is 2.59 bits per heavy atom. The van der Waals surface area contributed by atoms with Crippen LogP contribution in [-0.2, 0) is 0 Å². The van der Waals surface area contributed by atoms with E-state index in [1.807, 2.05) is 0 Å². The number of nitrogens with zero attached hydrogens (tertiary/aromatic N) is 3. The van der Waals surface area contributed by atoms with E-state index in [-0.39, 0.29) is 11.9 Å². The van der Waals surface area contributed by atoms with Crippen LogP contribution in [0.1, 0.15) is 49.0 Å². The predicted molar refractivity (Wildman–Crippen MR) is 86.4 cm³/mol. The number of rotatable bonds is 4. The maximum Gasteiger partial charge on any atom is 0.271 e. The molecule has 1 aliphatic carbocycles. The average molecular weight is 317 g/mol. The highest BCUT2D eigenvalue weighted by atomic mass is 32.1. The van der Waals surface area contributed by atoms with Gasteiger partial charge in [-0.1, -0.05) is 25.7 Å². The number of hydrogen-bond acceptors (Lipinski definition) is 6. The van der Waals surface area contributed by atoms with Gasteiger partial charge in [0, 0.05) is 23.8 Å². The first-order valence-corrected chi connectivity index (χ1v) is 8.49. The van der Waals surface area contributed by atoms with Crippen molar-refractivity contribution in [1.29, 1.82) is 0 Å². The minimum Gasteiger partial charge on any atom is -0.348 e. The number of thiazole rings is 1. The third kappa shape index (κ3) is 4.00. The van der Waals surface area contributed by atoms with Crippen molar-refractivity contribution >= 4 is 28.3 Å². The lowest BCUT2D eigenvalue weighted by molar-refractivity contribution is 0.0929. The molecule has 0 atom stereocenters. The summed E-state index contributed by atoms with van der Waals surface area (Å²) in [7, 11) is 0. The molecule has 2 aromatic rings. The van der Waals surface area contributed by atoms with Gasteiger partial charge < -0.3 is 10.6 Å². The summed E-state index contributed by atoms with van der Waals surface area (Å²) in [6.45, 7) is 0. The summed E-state index contributed by atoms with van der Waals surface area (Å²) in [5, 5.41) is 8.48. The molecule has 1 saturated carbocycles. The van der Waals surface area contributed by atoms with Gasteiger partial charge in [-0.05, 0) is 18.9 Å². The number of anilines is 2. The number of aromatic nitrogens is 3. The molecule has 1 fully saturated rings. The van der Waals surface area contributed by atoms with Gasteiger partial charge in [0.05, 0.1) is 0 Å². The molecule has 0 saturated heterocycles. The summed E-state index contributed by atoms with van der Waals surface area (Å²) in [5.74, 6) is 0.387. The van der Waals surface area contributed by atoms with Crippen molar-refractivity contribution in [3.8, 4) is 0 Å². The van der Waals surface area contributed by atoms with Crippen LogP contribution in [0.4, 0.5) is 11.1 Å². The molecule has 7 heteroatoms. The Kier molecular flexibility index (Phi) is 4.95. The van der Waals surface area contributed by atoms with Crippen LogP contribution in [-0.4, -0.2) is 26.9 Å². The summed E-state index contributed by atoms with van der Waals surface area (Å²) in [6.07, 6.45) is 10.4. The Hall–Kier alpha value is -2.02. The number of amides is 1. The van der Waals surface area contributed by atoms with E-state index in [4.69, 9.17) is 0 Å². The van der Waals surface area contributed by atoms with E-state index in [2.05, 4.69) is 25.6 Å². The largest absolute Gasteiger partial charge is 0.348 e. The Morgan fingerprint density at radius 1 is 1.14 bits per heavy atom. The number of hydrogen-bond donors (Lipinski definition) is 2. The number of carbonyl (C=O) groups is 1. The second kappa shape index (κ2) is 7.31. The fraction of sp³-hybridized carbons (Fsp3) is 0.467. The Bertz CT molecular complexity index is 607. The van der Waals surface area contributed by atoms with Gasteiger partial charge in [0.15, 0.2) is 5.13 Å². The van der Waals surface area contributed by atoms with Gasteiger partial charge in [0.1, 0.15) is 5.69 Å². The van der Waals surface area contributed by atoms with E-state index < -0.39 is 0 Å². The molecule has 2 heterocycles. The molecule has 116 valence electrons. The highest BCUT2D eigenvalue weighted by molar-refractivity contribution is 7.14. The van der Waals surface area contributed by atoms with Crippen LogP contribution in [0.25, 0.3) is 0 Å². The van der Waals surface area contributed by atoms with Gasteiger partial charge in [-0.25, -0.2) is 15.0 Å². The quantitative estimate of drug-likeness (QED) is 0.847. The fourth-order valence-corrected chi connectivity index (χ4v) is 3.26. The summed E-state index contributed by atoms with van der Waals surface area (Å²) < 4.78 is 0. The Morgan fingerprint density at radius 2 is 1.86 bits per heavy atom. The highest BCUT2D eigenvalue weighted by Crippen LogP contribution is 2.20. The van der Waals surface area contributed by atoms with Crippen LogP contribution in [0.3, 0.4) is 0 Å². The molecule has 6 nitrogen and oxygen atoms in total. The van der Waals surface area contributed by atoms with Gasteiger partial charge in [-0.3, -0.25) is 4.79 Å². The molecule has 0 spiro atoms. The SMILES string of the molecule is O=C(NC1CCCCCC1)c1csc(Nc2ncccn2)n1. The Labute approximate surface area is 133 Å². The minimum atomic E-state index is -0.0924. The smallest absolute Gasteiger partial charge is 0.271 e. The molecule has 22 heavy (non-hydrogen) atoms. The van der Waals surface area contributed by atoms with Crippen LogP contribution in [0.15, 0.2) is 23.8 Å². The van der Waals surface area contributed by atoms with Crippen molar-refractivity contribution < 1.29 is 4.79 Å². The second-order valence-electron chi connectivity index (χ2n) is 5.40. The monoisotopic (exact) mass is 317 g/mol. The first-order valence-electron chi connectivity index (χ1n) is 7.62. The lowest BCUT2D eigenvalue weighted by Crippen LogP contribution is -2.34. The zero-order valence-electron chi connectivity index (χ0n) is 12.3. The van der Waals surface area contributed by atoms with Crippen LogP contribution in [0, 0.1) is 0 Å². The first-order chi connectivity index (χ1) is 10.8. The molecule has 0 aromatic carbocycles. The highest BCUT2D eigenvalue weighted by Gasteiger charge is 2.17. The third-order valence-electron chi connectivity index (χ3n) is 3.71. The van der Waals surface area contributed by atoms with E-state index in [9.17, 15) is 4.79 Å². The topological polar surface area (TPSA) is 79.8 Å². The zero-order valence-corrected chi connectivity index (χ0v) is 13.1. The van der Waals surface area contributed by atoms with Gasteiger partial charge in [0.25, 0.3) is 5.91 Å². The molecular weight excluding hydrogens is 298 g/mol. The fourth-order valence-electron chi connectivity index (χ4n) is 2.58. The molecule has 3 rings (SSSR count). The summed E-state index contributed by atoms with van der Waals surface area (Å²) in [5.41, 5.74) is 0.452. The van der Waals surface area contributed by atoms with Gasteiger partial charge in [0.2, 0.25) is 5.95 Å². The maximum absolute atomic E-state index is 12.3. The standard InChI is InChI=1S/C15H19N5OS/c21-13(18-11-6-3-1-2-4-7-11)12-10-22-15(19-12)20-14-16-8-5-9-17-14/h5,8-11H,1-4,6-7H2,(H,18,21)(H,16,17,19,20). The molecule has 1 amide bonds. The van der Waals surface area contributed by atoms with Crippen LogP contribution in [0.2, 0.25) is 0 Å². The van der Waals surface area contributed by atoms with E-state index in [0.717, 1.165) is 12.8 Å². The van der Waals surface area contributed by atoms with Crippen molar-refractivity contribution in [3.63, 3.8) is 0 Å². The van der Waals surface area contributed by atoms with Gasteiger partial charge >= 0.3 is 0 Å². The average Bonchev–Trinajstić information content (AvgIpc) is 2.85. The van der Waals surface area contributed by atoms with E-state index in [0.29, 0.717) is 16.8 Å². The molecule has 0 aliphatic heterocycles. The summed E-state index contributed by atoms with van der Waals surface area (Å²) in [6, 6.07) is 2.03. The lowest BCUT2D eigenvalue weighted by Gasteiger charge is -2.15. The van der Waals surface area contributed by atoms with Crippen LogP contribution < -0.4 is 10.6 Å². The summed E-state index contributed by atoms with van der Waals surface area (Å²) >= 11 is 1.38. The molecule has 2 N–H and O–H groups in total. The van der Waals surface area contributed by atoms with Crippen molar-refractivity contribution in [1.82, 2.24) is 20.3 Å². The molecule has 1 aliphatic rings. The predicted octanol–water partition coefficient (Wildman–Crippen LogP) is 3.13. The first kappa shape index (κ1) is 14.9. The van der Waals surface area contributed by atoms with E-state index in [1.165, 1.54) is 37.0 Å². The van der Waals surface area contributed by atoms with E-state index in [1.54, 1.807) is 23.8 Å². The maximum atomic E-state index is 12.3.